The van der Waals surface area contributed by atoms with Crippen molar-refractivity contribution in [1.29, 1.82) is 0 Å². The molecule has 0 spiro atoms. The zero-order valence-electron chi connectivity index (χ0n) is 12.8. The highest BCUT2D eigenvalue weighted by Crippen LogP contribution is 2.27. The average Bonchev–Trinajstić information content (AvgIpc) is 2.78. The lowest BCUT2D eigenvalue weighted by molar-refractivity contribution is -0.116. The Kier molecular flexibility index (Phi) is 4.57. The highest BCUT2D eigenvalue weighted by atomic mass is 16.2. The molecule has 3 N–H and O–H groups in total. The predicted molar refractivity (Wildman–Crippen MR) is 84.3 cm³/mol. The largest absolute Gasteiger partial charge is 0.366 e. The standard InChI is InChI=1S/C15H19N5O2/c1-19(2)9-13(21)17-15-12(8-20(3)18-15)10-5-4-6-11(7-10)14(16)22/h4-8H,9H2,1-3H3,(H2,16,22)(H,17,18,21). The highest BCUT2D eigenvalue weighted by Gasteiger charge is 2.14. The van der Waals surface area contributed by atoms with Gasteiger partial charge in [0.15, 0.2) is 5.82 Å². The van der Waals surface area contributed by atoms with Crippen LogP contribution >= 0.6 is 0 Å². The smallest absolute Gasteiger partial charge is 0.248 e. The van der Waals surface area contributed by atoms with Gasteiger partial charge in [0.05, 0.1) is 6.54 Å². The van der Waals surface area contributed by atoms with E-state index in [-0.39, 0.29) is 12.5 Å². The summed E-state index contributed by atoms with van der Waals surface area (Å²) in [5.74, 6) is -0.198. The first-order valence-corrected chi connectivity index (χ1v) is 6.75. The molecule has 0 bridgehead atoms. The summed E-state index contributed by atoms with van der Waals surface area (Å²) in [4.78, 5) is 25.0. The summed E-state index contributed by atoms with van der Waals surface area (Å²) in [5.41, 5.74) is 7.22. The van der Waals surface area contributed by atoms with Gasteiger partial charge in [-0.1, -0.05) is 12.1 Å². The Morgan fingerprint density at radius 3 is 2.73 bits per heavy atom. The molecule has 0 aliphatic rings. The number of primary amides is 1. The number of carbonyl (C=O) groups excluding carboxylic acids is 2. The first-order chi connectivity index (χ1) is 10.4. The molecule has 0 saturated carbocycles. The van der Waals surface area contributed by atoms with Gasteiger partial charge < -0.3 is 16.0 Å². The number of benzene rings is 1. The van der Waals surface area contributed by atoms with Crippen LogP contribution < -0.4 is 11.1 Å². The van der Waals surface area contributed by atoms with Crippen LogP contribution in [0.3, 0.4) is 0 Å². The number of likely N-dealkylation sites (N-methyl/N-ethyl adjacent to an activating group) is 1. The second-order valence-electron chi connectivity index (χ2n) is 5.30. The molecular formula is C15H19N5O2. The number of aryl methyl sites for hydroxylation is 1. The Balaban J connectivity index is 2.34. The molecular weight excluding hydrogens is 282 g/mol. The zero-order valence-corrected chi connectivity index (χ0v) is 12.8. The fraction of sp³-hybridized carbons (Fsp3) is 0.267. The van der Waals surface area contributed by atoms with Gasteiger partial charge in [-0.15, -0.1) is 0 Å². The molecule has 0 atom stereocenters. The summed E-state index contributed by atoms with van der Waals surface area (Å²) in [7, 11) is 5.40. The normalized spacial score (nSPS) is 10.7. The Morgan fingerprint density at radius 2 is 2.09 bits per heavy atom. The van der Waals surface area contributed by atoms with Gasteiger partial charge >= 0.3 is 0 Å². The monoisotopic (exact) mass is 301 g/mol. The molecule has 1 aromatic carbocycles. The number of amides is 2. The van der Waals surface area contributed by atoms with Crippen LogP contribution in [0.1, 0.15) is 10.4 Å². The minimum absolute atomic E-state index is 0.156. The van der Waals surface area contributed by atoms with Gasteiger partial charge in [-0.2, -0.15) is 5.10 Å². The zero-order chi connectivity index (χ0) is 16.3. The number of rotatable bonds is 5. The Morgan fingerprint density at radius 1 is 1.36 bits per heavy atom. The third-order valence-electron chi connectivity index (χ3n) is 3.00. The van der Waals surface area contributed by atoms with E-state index in [9.17, 15) is 9.59 Å². The highest BCUT2D eigenvalue weighted by molar-refractivity contribution is 5.97. The fourth-order valence-corrected chi connectivity index (χ4v) is 2.09. The van der Waals surface area contributed by atoms with E-state index in [0.717, 1.165) is 11.1 Å². The molecule has 0 aliphatic heterocycles. The summed E-state index contributed by atoms with van der Waals surface area (Å²) in [6.07, 6.45) is 1.78. The number of hydrogen-bond acceptors (Lipinski definition) is 4. The molecule has 7 nitrogen and oxygen atoms in total. The molecule has 0 unspecified atom stereocenters. The first-order valence-electron chi connectivity index (χ1n) is 6.75. The van der Waals surface area contributed by atoms with Gasteiger partial charge in [-0.3, -0.25) is 14.3 Å². The fourth-order valence-electron chi connectivity index (χ4n) is 2.09. The van der Waals surface area contributed by atoms with Crippen LogP contribution in [0.15, 0.2) is 30.5 Å². The van der Waals surface area contributed by atoms with Crippen LogP contribution in [-0.2, 0) is 11.8 Å². The number of anilines is 1. The summed E-state index contributed by atoms with van der Waals surface area (Å²) in [5, 5.41) is 7.04. The maximum atomic E-state index is 11.9. The topological polar surface area (TPSA) is 93.2 Å². The first kappa shape index (κ1) is 15.7. The third-order valence-corrected chi connectivity index (χ3v) is 3.00. The molecule has 1 heterocycles. The Labute approximate surface area is 128 Å². The van der Waals surface area contributed by atoms with E-state index in [4.69, 9.17) is 5.73 Å². The third kappa shape index (κ3) is 3.70. The molecule has 22 heavy (non-hydrogen) atoms. The van der Waals surface area contributed by atoms with E-state index in [1.165, 1.54) is 0 Å². The number of hydrogen-bond donors (Lipinski definition) is 2. The number of nitrogens with one attached hydrogen (secondary N) is 1. The maximum absolute atomic E-state index is 11.9. The van der Waals surface area contributed by atoms with Crippen LogP contribution in [-0.4, -0.2) is 47.1 Å². The van der Waals surface area contributed by atoms with Gasteiger partial charge in [-0.05, 0) is 31.8 Å². The van der Waals surface area contributed by atoms with Gasteiger partial charge in [0, 0.05) is 24.4 Å². The van der Waals surface area contributed by atoms with Crippen LogP contribution in [0.5, 0.6) is 0 Å². The Bertz CT molecular complexity index is 706. The van der Waals surface area contributed by atoms with E-state index >= 15 is 0 Å². The van der Waals surface area contributed by atoms with Crippen molar-refractivity contribution in [2.45, 2.75) is 0 Å². The van der Waals surface area contributed by atoms with E-state index in [2.05, 4.69) is 10.4 Å². The van der Waals surface area contributed by atoms with Crippen molar-refractivity contribution in [3.05, 3.63) is 36.0 Å². The number of nitrogens with two attached hydrogens (primary N) is 1. The van der Waals surface area contributed by atoms with E-state index in [0.29, 0.717) is 11.4 Å². The second-order valence-corrected chi connectivity index (χ2v) is 5.30. The van der Waals surface area contributed by atoms with Crippen molar-refractivity contribution in [1.82, 2.24) is 14.7 Å². The molecule has 2 rings (SSSR count). The van der Waals surface area contributed by atoms with E-state index in [1.54, 1.807) is 41.0 Å². The summed E-state index contributed by atoms with van der Waals surface area (Å²) in [6.45, 7) is 0.261. The van der Waals surface area contributed by atoms with Gasteiger partial charge in [0.25, 0.3) is 0 Å². The Hall–Kier alpha value is -2.67. The summed E-state index contributed by atoms with van der Waals surface area (Å²) in [6, 6.07) is 6.91. The molecule has 7 heteroatoms. The summed E-state index contributed by atoms with van der Waals surface area (Å²) >= 11 is 0. The van der Waals surface area contributed by atoms with Gasteiger partial charge in [0.2, 0.25) is 11.8 Å². The molecule has 1 aromatic heterocycles. The SMILES string of the molecule is CN(C)CC(=O)Nc1nn(C)cc1-c1cccc(C(N)=O)c1. The van der Waals surface area contributed by atoms with Gasteiger partial charge in [-0.25, -0.2) is 0 Å². The molecule has 116 valence electrons. The maximum Gasteiger partial charge on any atom is 0.248 e. The number of carbonyl (C=O) groups is 2. The van der Waals surface area contributed by atoms with E-state index < -0.39 is 5.91 Å². The predicted octanol–water partition coefficient (Wildman–Crippen LogP) is 0.686. The van der Waals surface area contributed by atoms with Gasteiger partial charge in [0.1, 0.15) is 0 Å². The molecule has 2 amide bonds. The van der Waals surface area contributed by atoms with Crippen molar-refractivity contribution in [2.75, 3.05) is 26.0 Å². The van der Waals surface area contributed by atoms with Crippen LogP contribution in [0.25, 0.3) is 11.1 Å². The van der Waals surface area contributed by atoms with Crippen molar-refractivity contribution < 1.29 is 9.59 Å². The lowest BCUT2D eigenvalue weighted by Crippen LogP contribution is -2.27. The lowest BCUT2D eigenvalue weighted by atomic mass is 10.1. The van der Waals surface area contributed by atoms with Crippen molar-refractivity contribution in [3.8, 4) is 11.1 Å². The molecule has 0 fully saturated rings. The van der Waals surface area contributed by atoms with Crippen LogP contribution in [0.2, 0.25) is 0 Å². The van der Waals surface area contributed by atoms with Crippen molar-refractivity contribution >= 4 is 17.6 Å². The lowest BCUT2D eigenvalue weighted by Gasteiger charge is -2.10. The van der Waals surface area contributed by atoms with Crippen molar-refractivity contribution in [2.24, 2.45) is 12.8 Å². The molecule has 0 radical (unpaired) electrons. The average molecular weight is 301 g/mol. The van der Waals surface area contributed by atoms with Crippen molar-refractivity contribution in [3.63, 3.8) is 0 Å². The second kappa shape index (κ2) is 6.40. The number of nitrogens with zero attached hydrogens (tertiary/aromatic N) is 3. The quantitative estimate of drug-likeness (QED) is 0.849. The number of aromatic nitrogens is 2. The minimum atomic E-state index is -0.496. The molecule has 0 aliphatic carbocycles. The minimum Gasteiger partial charge on any atom is -0.366 e. The van der Waals surface area contributed by atoms with Crippen LogP contribution in [0.4, 0.5) is 5.82 Å². The summed E-state index contributed by atoms with van der Waals surface area (Å²) < 4.78 is 1.61. The van der Waals surface area contributed by atoms with Crippen LogP contribution in [0, 0.1) is 0 Å². The molecule has 2 aromatic rings. The van der Waals surface area contributed by atoms with E-state index in [1.807, 2.05) is 20.2 Å². The molecule has 0 saturated heterocycles.